The molecule has 3 N–H and O–H groups in total. The maximum atomic E-state index is 9.83. The second-order valence-corrected chi connectivity index (χ2v) is 8.54. The first-order chi connectivity index (χ1) is 14.1. The van der Waals surface area contributed by atoms with Gasteiger partial charge in [0, 0.05) is 35.4 Å². The number of hydrogen-bond donors (Lipinski definition) is 3. The Morgan fingerprint density at radius 1 is 1.07 bits per heavy atom. The van der Waals surface area contributed by atoms with Gasteiger partial charge in [0.2, 0.25) is 5.95 Å². The van der Waals surface area contributed by atoms with Gasteiger partial charge in [-0.2, -0.15) is 4.98 Å². The summed E-state index contributed by atoms with van der Waals surface area (Å²) in [6, 6.07) is 4.27. The number of aromatic nitrogens is 3. The van der Waals surface area contributed by atoms with Crippen molar-refractivity contribution in [1.82, 2.24) is 19.9 Å². The van der Waals surface area contributed by atoms with Gasteiger partial charge < -0.3 is 20.6 Å². The van der Waals surface area contributed by atoms with Gasteiger partial charge in [-0.15, -0.1) is 0 Å². The van der Waals surface area contributed by atoms with Crippen LogP contribution in [-0.4, -0.2) is 57.2 Å². The Hall–Kier alpha value is -2.25. The lowest BCUT2D eigenvalue weighted by atomic mass is 9.89. The third kappa shape index (κ3) is 5.22. The molecule has 1 aliphatic carbocycles. The summed E-state index contributed by atoms with van der Waals surface area (Å²) in [5.41, 5.74) is 3.12. The molecule has 1 saturated carbocycles. The van der Waals surface area contributed by atoms with E-state index in [2.05, 4.69) is 32.5 Å². The standard InChI is InChI=1S/C22H32N6O/c1-15-13-18(7-10-23-15)26-22-24-14-20(16-8-11-28(2)12-9-16)21(27-22)25-17-3-5-19(29)6-4-17/h7,10,13-14,16-17,19,29H,3-6,8-9,11-12H2,1-2H3,(H2,23,24,25,26,27). The van der Waals surface area contributed by atoms with Gasteiger partial charge in [0.05, 0.1) is 6.10 Å². The van der Waals surface area contributed by atoms with Crippen LogP contribution in [0.25, 0.3) is 0 Å². The Labute approximate surface area is 173 Å². The molecule has 29 heavy (non-hydrogen) atoms. The minimum atomic E-state index is -0.154. The number of aliphatic hydroxyl groups excluding tert-OH is 1. The second-order valence-electron chi connectivity index (χ2n) is 8.54. The number of anilines is 3. The number of pyridine rings is 1. The molecule has 2 aromatic rings. The highest BCUT2D eigenvalue weighted by molar-refractivity contribution is 5.57. The molecule has 2 fully saturated rings. The van der Waals surface area contributed by atoms with Gasteiger partial charge in [0.25, 0.3) is 0 Å². The molecular formula is C22H32N6O. The van der Waals surface area contributed by atoms with Gasteiger partial charge in [0.1, 0.15) is 5.82 Å². The summed E-state index contributed by atoms with van der Waals surface area (Å²) in [5.74, 6) is 2.04. The van der Waals surface area contributed by atoms with E-state index in [1.807, 2.05) is 25.3 Å². The quantitative estimate of drug-likeness (QED) is 0.714. The van der Waals surface area contributed by atoms with Crippen LogP contribution in [0.15, 0.2) is 24.5 Å². The summed E-state index contributed by atoms with van der Waals surface area (Å²) in [6.45, 7) is 4.19. The maximum Gasteiger partial charge on any atom is 0.229 e. The summed E-state index contributed by atoms with van der Waals surface area (Å²) in [7, 11) is 2.18. The summed E-state index contributed by atoms with van der Waals surface area (Å²) in [5, 5.41) is 16.8. The average Bonchev–Trinajstić information content (AvgIpc) is 2.71. The van der Waals surface area contributed by atoms with Crippen molar-refractivity contribution < 1.29 is 5.11 Å². The van der Waals surface area contributed by atoms with Crippen molar-refractivity contribution in [2.75, 3.05) is 30.8 Å². The van der Waals surface area contributed by atoms with E-state index in [4.69, 9.17) is 4.98 Å². The zero-order valence-electron chi connectivity index (χ0n) is 17.4. The molecule has 0 atom stereocenters. The van der Waals surface area contributed by atoms with Crippen molar-refractivity contribution in [2.45, 2.75) is 63.5 Å². The smallest absolute Gasteiger partial charge is 0.229 e. The van der Waals surface area contributed by atoms with E-state index >= 15 is 0 Å². The van der Waals surface area contributed by atoms with Crippen LogP contribution in [0.1, 0.15) is 55.7 Å². The van der Waals surface area contributed by atoms with E-state index in [1.165, 1.54) is 5.56 Å². The molecule has 0 spiro atoms. The van der Waals surface area contributed by atoms with Gasteiger partial charge in [-0.25, -0.2) is 4.98 Å². The molecule has 4 rings (SSSR count). The monoisotopic (exact) mass is 396 g/mol. The molecular weight excluding hydrogens is 364 g/mol. The lowest BCUT2D eigenvalue weighted by molar-refractivity contribution is 0.126. The van der Waals surface area contributed by atoms with Gasteiger partial charge in [-0.3, -0.25) is 4.98 Å². The predicted molar refractivity (Wildman–Crippen MR) is 116 cm³/mol. The molecule has 7 nitrogen and oxygen atoms in total. The molecule has 156 valence electrons. The van der Waals surface area contributed by atoms with Crippen molar-refractivity contribution >= 4 is 17.5 Å². The number of aryl methyl sites for hydroxylation is 1. The van der Waals surface area contributed by atoms with E-state index < -0.39 is 0 Å². The lowest BCUT2D eigenvalue weighted by Gasteiger charge is -2.32. The maximum absolute atomic E-state index is 9.83. The highest BCUT2D eigenvalue weighted by atomic mass is 16.3. The first kappa shape index (κ1) is 20.0. The summed E-state index contributed by atoms with van der Waals surface area (Å²) >= 11 is 0. The zero-order valence-corrected chi connectivity index (χ0v) is 17.4. The van der Waals surface area contributed by atoms with Gasteiger partial charge in [-0.1, -0.05) is 0 Å². The molecule has 2 aromatic heterocycles. The van der Waals surface area contributed by atoms with E-state index in [0.29, 0.717) is 17.9 Å². The van der Waals surface area contributed by atoms with Crippen molar-refractivity contribution in [3.8, 4) is 0 Å². The predicted octanol–water partition coefficient (Wildman–Crippen LogP) is 3.45. The number of likely N-dealkylation sites (tertiary alicyclic amines) is 1. The fourth-order valence-electron chi connectivity index (χ4n) is 4.35. The first-order valence-electron chi connectivity index (χ1n) is 10.8. The molecule has 2 aliphatic rings. The van der Waals surface area contributed by atoms with E-state index in [-0.39, 0.29) is 6.10 Å². The molecule has 3 heterocycles. The summed E-state index contributed by atoms with van der Waals surface area (Å²) < 4.78 is 0. The highest BCUT2D eigenvalue weighted by Crippen LogP contribution is 2.33. The van der Waals surface area contributed by atoms with Crippen LogP contribution >= 0.6 is 0 Å². The fraction of sp³-hybridized carbons (Fsp3) is 0.591. The Morgan fingerprint density at radius 2 is 1.83 bits per heavy atom. The normalized spacial score (nSPS) is 23.7. The topological polar surface area (TPSA) is 86.2 Å². The third-order valence-corrected chi connectivity index (χ3v) is 6.17. The van der Waals surface area contributed by atoms with Crippen LogP contribution in [0, 0.1) is 6.92 Å². The minimum absolute atomic E-state index is 0.154. The molecule has 0 bridgehead atoms. The van der Waals surface area contributed by atoms with E-state index in [9.17, 15) is 5.11 Å². The Balaban J connectivity index is 1.56. The van der Waals surface area contributed by atoms with E-state index in [1.54, 1.807) is 6.20 Å². The Bertz CT molecular complexity index is 813. The highest BCUT2D eigenvalue weighted by Gasteiger charge is 2.25. The van der Waals surface area contributed by atoms with Crippen LogP contribution in [0.4, 0.5) is 17.5 Å². The van der Waals surface area contributed by atoms with Crippen LogP contribution in [-0.2, 0) is 0 Å². The largest absolute Gasteiger partial charge is 0.393 e. The van der Waals surface area contributed by atoms with Crippen LogP contribution < -0.4 is 10.6 Å². The Kier molecular flexibility index (Phi) is 6.25. The molecule has 0 unspecified atom stereocenters. The minimum Gasteiger partial charge on any atom is -0.393 e. The number of piperidine rings is 1. The summed E-state index contributed by atoms with van der Waals surface area (Å²) in [4.78, 5) is 16.1. The molecule has 1 saturated heterocycles. The van der Waals surface area contributed by atoms with Gasteiger partial charge in [0.15, 0.2) is 0 Å². The number of hydrogen-bond acceptors (Lipinski definition) is 7. The molecule has 1 aliphatic heterocycles. The molecule has 7 heteroatoms. The SMILES string of the molecule is Cc1cc(Nc2ncc(C3CCN(C)CC3)c(NC3CCC(O)CC3)n2)ccn1. The molecule has 0 amide bonds. The van der Waals surface area contributed by atoms with E-state index in [0.717, 1.165) is 68.8 Å². The van der Waals surface area contributed by atoms with Crippen molar-refractivity contribution in [3.05, 3.63) is 35.8 Å². The zero-order chi connectivity index (χ0) is 20.2. The van der Waals surface area contributed by atoms with Crippen LogP contribution in [0.5, 0.6) is 0 Å². The van der Waals surface area contributed by atoms with Gasteiger partial charge >= 0.3 is 0 Å². The molecule has 0 radical (unpaired) electrons. The third-order valence-electron chi connectivity index (χ3n) is 6.17. The fourth-order valence-corrected chi connectivity index (χ4v) is 4.35. The number of rotatable bonds is 5. The number of aliphatic hydroxyl groups is 1. The molecule has 0 aromatic carbocycles. The summed E-state index contributed by atoms with van der Waals surface area (Å²) in [6.07, 6.45) is 9.56. The van der Waals surface area contributed by atoms with Crippen molar-refractivity contribution in [3.63, 3.8) is 0 Å². The second kappa shape index (κ2) is 9.05. The lowest BCUT2D eigenvalue weighted by Crippen LogP contribution is -2.31. The first-order valence-corrected chi connectivity index (χ1v) is 10.8. The number of nitrogens with one attached hydrogen (secondary N) is 2. The van der Waals surface area contributed by atoms with Gasteiger partial charge in [-0.05, 0) is 83.6 Å². The van der Waals surface area contributed by atoms with Crippen molar-refractivity contribution in [2.24, 2.45) is 0 Å². The van der Waals surface area contributed by atoms with Crippen LogP contribution in [0.2, 0.25) is 0 Å². The van der Waals surface area contributed by atoms with Crippen molar-refractivity contribution in [1.29, 1.82) is 0 Å². The number of nitrogens with zero attached hydrogens (tertiary/aromatic N) is 4. The Morgan fingerprint density at radius 3 is 2.55 bits per heavy atom. The average molecular weight is 397 g/mol. The van der Waals surface area contributed by atoms with Crippen LogP contribution in [0.3, 0.4) is 0 Å².